The summed E-state index contributed by atoms with van der Waals surface area (Å²) in [5, 5.41) is 11.2. The molecule has 5 heterocycles. The maximum atomic E-state index is 11.6. The van der Waals surface area contributed by atoms with Crippen molar-refractivity contribution in [2.75, 3.05) is 19.7 Å². The zero-order chi connectivity index (χ0) is 29.3. The molecule has 1 atom stereocenters. The first-order valence-electron chi connectivity index (χ1n) is 14.7. The summed E-state index contributed by atoms with van der Waals surface area (Å²) < 4.78 is 14.0. The van der Waals surface area contributed by atoms with E-state index in [2.05, 4.69) is 20.5 Å². The number of fused-ring (bicyclic) bond motifs is 2. The van der Waals surface area contributed by atoms with Crippen LogP contribution < -0.4 is 4.74 Å². The number of nitrogens with zero attached hydrogens (tertiary/aromatic N) is 5. The maximum Gasteiger partial charge on any atom is 0.335 e. The normalized spacial score (nSPS) is 17.7. The van der Waals surface area contributed by atoms with Gasteiger partial charge in [0.2, 0.25) is 5.88 Å². The van der Waals surface area contributed by atoms with E-state index in [0.717, 1.165) is 78.0 Å². The molecule has 5 aromatic rings. The Morgan fingerprint density at radius 1 is 1.05 bits per heavy atom. The van der Waals surface area contributed by atoms with Crippen LogP contribution in [0.4, 0.5) is 0 Å². The molecule has 2 fully saturated rings. The number of halogens is 1. The molecule has 0 bridgehead atoms. The van der Waals surface area contributed by atoms with E-state index in [-0.39, 0.29) is 11.7 Å². The average molecular weight is 598 g/mol. The zero-order valence-electron chi connectivity index (χ0n) is 23.7. The number of hydrogen-bond acceptors (Lipinski definition) is 7. The first-order chi connectivity index (χ1) is 21.0. The minimum absolute atomic E-state index is 0.143. The molecular formula is C33H32ClN5O4. The van der Waals surface area contributed by atoms with E-state index < -0.39 is 5.97 Å². The molecule has 1 N–H and O–H groups in total. The number of aromatic carboxylic acids is 1. The quantitative estimate of drug-likeness (QED) is 0.218. The van der Waals surface area contributed by atoms with Crippen molar-refractivity contribution in [3.05, 3.63) is 94.5 Å². The molecule has 10 heteroatoms. The van der Waals surface area contributed by atoms with Crippen LogP contribution in [0.3, 0.4) is 0 Å². The fourth-order valence-electron chi connectivity index (χ4n) is 6.08. The predicted octanol–water partition coefficient (Wildman–Crippen LogP) is 6.08. The lowest BCUT2D eigenvalue weighted by Crippen LogP contribution is -2.35. The predicted molar refractivity (Wildman–Crippen MR) is 164 cm³/mol. The number of rotatable bonds is 9. The highest BCUT2D eigenvalue weighted by molar-refractivity contribution is 6.31. The van der Waals surface area contributed by atoms with Gasteiger partial charge in [-0.1, -0.05) is 23.7 Å². The molecule has 2 aromatic carbocycles. The van der Waals surface area contributed by atoms with Crippen molar-refractivity contribution in [3.63, 3.8) is 0 Å². The van der Waals surface area contributed by atoms with E-state index in [1.165, 1.54) is 0 Å². The number of carboxylic acid groups (broad SMARTS) is 1. The van der Waals surface area contributed by atoms with Crippen LogP contribution in [0.15, 0.2) is 66.9 Å². The summed E-state index contributed by atoms with van der Waals surface area (Å²) in [4.78, 5) is 28.3. The van der Waals surface area contributed by atoms with Crippen molar-refractivity contribution in [3.8, 4) is 5.88 Å². The first-order valence-corrected chi connectivity index (χ1v) is 15.1. The highest BCUT2D eigenvalue weighted by atomic mass is 35.5. The van der Waals surface area contributed by atoms with Crippen LogP contribution in [0.2, 0.25) is 5.02 Å². The Morgan fingerprint density at radius 3 is 2.70 bits per heavy atom. The van der Waals surface area contributed by atoms with Crippen LogP contribution >= 0.6 is 11.6 Å². The zero-order valence-corrected chi connectivity index (χ0v) is 24.4. The summed E-state index contributed by atoms with van der Waals surface area (Å²) in [5.74, 6) is 0.949. The summed E-state index contributed by atoms with van der Waals surface area (Å²) in [5.41, 5.74) is 4.79. The van der Waals surface area contributed by atoms with Gasteiger partial charge in [0, 0.05) is 46.5 Å². The molecule has 0 amide bonds. The van der Waals surface area contributed by atoms with E-state index in [9.17, 15) is 9.90 Å². The SMILES string of the molecule is O=C(O)c1ccc2nc(CN3CCC(c4cccc(OCc5cc(Cl)cc6cccnc56)n4)CC3)n(CC3CCO3)c2c1. The van der Waals surface area contributed by atoms with E-state index >= 15 is 0 Å². The van der Waals surface area contributed by atoms with Gasteiger partial charge in [0.1, 0.15) is 12.4 Å². The summed E-state index contributed by atoms with van der Waals surface area (Å²) in [7, 11) is 0. The molecule has 2 aliphatic heterocycles. The van der Waals surface area contributed by atoms with Gasteiger partial charge in [0.15, 0.2) is 0 Å². The Hall–Kier alpha value is -4.05. The monoisotopic (exact) mass is 597 g/mol. The van der Waals surface area contributed by atoms with Crippen LogP contribution in [0.5, 0.6) is 5.88 Å². The second-order valence-corrected chi connectivity index (χ2v) is 11.7. The summed E-state index contributed by atoms with van der Waals surface area (Å²) in [6.07, 6.45) is 4.89. The molecule has 0 radical (unpaired) electrons. The fraction of sp³-hybridized carbons (Fsp3) is 0.333. The second kappa shape index (κ2) is 11.9. The largest absolute Gasteiger partial charge is 0.478 e. The van der Waals surface area contributed by atoms with Gasteiger partial charge < -0.3 is 19.1 Å². The standard InChI is InChI=1S/C33H32ClN5O4/c34-25-15-22-3-2-11-35-32(22)24(16-25)20-43-31-5-1-4-27(37-31)21-8-12-38(13-9-21)19-30-36-28-7-6-23(33(40)41)17-29(28)39(30)18-26-10-14-42-26/h1-7,11,15-17,21,26H,8-10,12-14,18-20H2,(H,40,41). The van der Waals surface area contributed by atoms with Crippen molar-refractivity contribution in [1.29, 1.82) is 0 Å². The van der Waals surface area contributed by atoms with E-state index in [4.69, 9.17) is 31.0 Å². The van der Waals surface area contributed by atoms with Gasteiger partial charge in [-0.05, 0) is 74.8 Å². The van der Waals surface area contributed by atoms with Crippen LogP contribution in [-0.2, 0) is 24.4 Å². The van der Waals surface area contributed by atoms with Gasteiger partial charge in [-0.3, -0.25) is 9.88 Å². The molecular weight excluding hydrogens is 566 g/mol. The van der Waals surface area contributed by atoms with Crippen LogP contribution in [0.25, 0.3) is 21.9 Å². The second-order valence-electron chi connectivity index (χ2n) is 11.3. The fourth-order valence-corrected chi connectivity index (χ4v) is 6.33. The Labute approximate surface area is 254 Å². The number of hydrogen-bond donors (Lipinski definition) is 1. The minimum Gasteiger partial charge on any atom is -0.478 e. The highest BCUT2D eigenvalue weighted by Gasteiger charge is 2.26. The molecule has 0 spiro atoms. The molecule has 43 heavy (non-hydrogen) atoms. The van der Waals surface area contributed by atoms with Crippen molar-refractivity contribution in [2.45, 2.75) is 51.0 Å². The van der Waals surface area contributed by atoms with Gasteiger partial charge in [0.25, 0.3) is 0 Å². The van der Waals surface area contributed by atoms with Gasteiger partial charge in [0.05, 0.1) is 41.3 Å². The molecule has 1 unspecified atom stereocenters. The van der Waals surface area contributed by atoms with Crippen molar-refractivity contribution < 1.29 is 19.4 Å². The lowest BCUT2D eigenvalue weighted by molar-refractivity contribution is -0.0592. The number of ether oxygens (including phenoxy) is 2. The summed E-state index contributed by atoms with van der Waals surface area (Å²) in [6, 6.07) is 18.8. The van der Waals surface area contributed by atoms with Crippen molar-refractivity contribution in [1.82, 2.24) is 24.4 Å². The van der Waals surface area contributed by atoms with E-state index in [1.54, 1.807) is 24.4 Å². The van der Waals surface area contributed by atoms with Gasteiger partial charge >= 0.3 is 5.97 Å². The van der Waals surface area contributed by atoms with Gasteiger partial charge in [-0.15, -0.1) is 0 Å². The molecule has 0 saturated carbocycles. The third kappa shape index (κ3) is 5.93. The number of carboxylic acids is 1. The maximum absolute atomic E-state index is 11.6. The number of carbonyl (C=O) groups is 1. The molecule has 9 nitrogen and oxygen atoms in total. The third-order valence-corrected chi connectivity index (χ3v) is 8.71. The van der Waals surface area contributed by atoms with Crippen molar-refractivity contribution in [2.24, 2.45) is 0 Å². The van der Waals surface area contributed by atoms with Gasteiger partial charge in [-0.25, -0.2) is 14.8 Å². The van der Waals surface area contributed by atoms with Crippen LogP contribution in [0, 0.1) is 0 Å². The Bertz CT molecular complexity index is 1800. The van der Waals surface area contributed by atoms with Crippen LogP contribution in [-0.4, -0.2) is 61.3 Å². The minimum atomic E-state index is -0.934. The van der Waals surface area contributed by atoms with Crippen molar-refractivity contribution >= 4 is 39.5 Å². The molecule has 7 rings (SSSR count). The number of piperidine rings is 1. The summed E-state index contributed by atoms with van der Waals surface area (Å²) >= 11 is 6.34. The topological polar surface area (TPSA) is 103 Å². The number of pyridine rings is 2. The number of aromatic nitrogens is 4. The Kier molecular flexibility index (Phi) is 7.69. The smallest absolute Gasteiger partial charge is 0.335 e. The van der Waals surface area contributed by atoms with Crippen LogP contribution in [0.1, 0.15) is 52.6 Å². The molecule has 220 valence electrons. The summed E-state index contributed by atoms with van der Waals surface area (Å²) in [6.45, 7) is 4.33. The lowest BCUT2D eigenvalue weighted by atomic mass is 9.93. The first kappa shape index (κ1) is 27.8. The van der Waals surface area contributed by atoms with E-state index in [1.807, 2.05) is 36.4 Å². The molecule has 2 saturated heterocycles. The molecule has 3 aromatic heterocycles. The average Bonchev–Trinajstić information content (AvgIpc) is 3.33. The molecule has 0 aliphatic carbocycles. The molecule has 2 aliphatic rings. The highest BCUT2D eigenvalue weighted by Crippen LogP contribution is 2.30. The van der Waals surface area contributed by atoms with Gasteiger partial charge in [-0.2, -0.15) is 0 Å². The number of benzene rings is 2. The number of likely N-dealkylation sites (tertiary alicyclic amines) is 1. The Morgan fingerprint density at radius 2 is 1.91 bits per heavy atom. The third-order valence-electron chi connectivity index (χ3n) is 8.49. The lowest BCUT2D eigenvalue weighted by Gasteiger charge is -2.32. The Balaban J connectivity index is 1.02. The number of imidazole rings is 1. The van der Waals surface area contributed by atoms with E-state index in [0.29, 0.717) is 36.5 Å².